The fourth-order valence-electron chi connectivity index (χ4n) is 3.74. The number of carbonyl (C=O) groups excluding carboxylic acids is 2. The second-order valence-corrected chi connectivity index (χ2v) is 7.33. The third-order valence-electron chi connectivity index (χ3n) is 4.99. The van der Waals surface area contributed by atoms with E-state index in [0.717, 1.165) is 44.3 Å². The molecule has 0 unspecified atom stereocenters. The Balaban J connectivity index is 0.000000318. The van der Waals surface area contributed by atoms with Crippen LogP contribution in [0.1, 0.15) is 29.8 Å². The third-order valence-corrected chi connectivity index (χ3v) is 4.99. The topological polar surface area (TPSA) is 67.3 Å². The first kappa shape index (κ1) is 23.3. The van der Waals surface area contributed by atoms with Crippen molar-refractivity contribution in [3.63, 3.8) is 0 Å². The van der Waals surface area contributed by atoms with Crippen molar-refractivity contribution in [3.8, 4) is 22.4 Å². The Bertz CT molecular complexity index is 1340. The molecule has 0 saturated carbocycles. The molecule has 1 aromatic heterocycles. The van der Waals surface area contributed by atoms with Crippen LogP contribution >= 0.6 is 0 Å². The number of hydrogen-bond acceptors (Lipinski definition) is 4. The van der Waals surface area contributed by atoms with E-state index >= 15 is 0 Å². The molecule has 1 heterocycles. The van der Waals surface area contributed by atoms with Crippen molar-refractivity contribution in [1.29, 1.82) is 0 Å². The molecule has 32 heavy (non-hydrogen) atoms. The second-order valence-electron chi connectivity index (χ2n) is 7.33. The van der Waals surface area contributed by atoms with Crippen LogP contribution in [0.3, 0.4) is 0 Å². The predicted octanol–water partition coefficient (Wildman–Crippen LogP) is 5.95. The minimum Gasteiger partial charge on any atom is -0.512 e. The minimum atomic E-state index is -0.125. The summed E-state index contributed by atoms with van der Waals surface area (Å²) in [4.78, 5) is 27.3. The number of allylic oxidation sites excluding steroid dienone is 2. The SMILES string of the molecule is CC(=O)/C=C(/C)O.O=C1c2ccccc2-c2cc3ccnc(-c4[c-]cccc4)c3cc21.[Ir]. The second kappa shape index (κ2) is 9.82. The number of aromatic nitrogens is 1. The summed E-state index contributed by atoms with van der Waals surface area (Å²) in [6, 6.07) is 24.9. The summed E-state index contributed by atoms with van der Waals surface area (Å²) in [7, 11) is 0. The van der Waals surface area contributed by atoms with Crippen LogP contribution in [-0.4, -0.2) is 21.7 Å². The number of ketones is 2. The molecule has 0 amide bonds. The van der Waals surface area contributed by atoms with E-state index in [-0.39, 0.29) is 37.4 Å². The van der Waals surface area contributed by atoms with Crippen molar-refractivity contribution in [1.82, 2.24) is 4.98 Å². The van der Waals surface area contributed by atoms with E-state index in [4.69, 9.17) is 5.11 Å². The van der Waals surface area contributed by atoms with E-state index in [0.29, 0.717) is 0 Å². The van der Waals surface area contributed by atoms with Crippen molar-refractivity contribution in [2.75, 3.05) is 0 Å². The number of rotatable bonds is 2. The normalized spacial score (nSPS) is 11.7. The van der Waals surface area contributed by atoms with E-state index in [1.54, 1.807) is 0 Å². The molecular weight excluding hydrogens is 579 g/mol. The summed E-state index contributed by atoms with van der Waals surface area (Å²) >= 11 is 0. The van der Waals surface area contributed by atoms with Gasteiger partial charge in [-0.15, -0.1) is 35.9 Å². The first-order valence-electron chi connectivity index (χ1n) is 9.87. The molecule has 0 bridgehead atoms. The fraction of sp³-hybridized carbons (Fsp3) is 0.0741. The molecular formula is C27H20IrNO3-. The molecule has 0 atom stereocenters. The largest absolute Gasteiger partial charge is 0.512 e. The fourth-order valence-corrected chi connectivity index (χ4v) is 3.74. The van der Waals surface area contributed by atoms with Gasteiger partial charge in [0, 0.05) is 43.5 Å². The smallest absolute Gasteiger partial charge is 0.194 e. The standard InChI is InChI=1S/C22H12NO.C5H8O2.Ir/c24-22-17-9-5-4-8-16(17)19-12-15-10-11-23-21(18(15)13-20(19)22)14-6-2-1-3-7-14;1-4(6)3-5(2)7;/h1-6,8-13H;3,6H,1-2H3;/q-1;;/b;4-3-;. The Kier molecular flexibility index (Phi) is 7.14. The van der Waals surface area contributed by atoms with E-state index in [1.807, 2.05) is 66.9 Å². The molecule has 1 radical (unpaired) electrons. The number of hydrogen-bond donors (Lipinski definition) is 1. The van der Waals surface area contributed by atoms with Gasteiger partial charge in [-0.2, -0.15) is 0 Å². The maximum Gasteiger partial charge on any atom is 0.194 e. The average molecular weight is 599 g/mol. The van der Waals surface area contributed by atoms with Gasteiger partial charge in [0.1, 0.15) is 0 Å². The number of pyridine rings is 1. The maximum absolute atomic E-state index is 12.8. The Labute approximate surface area is 200 Å². The molecule has 0 aliphatic heterocycles. The van der Waals surface area contributed by atoms with Crippen LogP contribution in [-0.2, 0) is 24.9 Å². The summed E-state index contributed by atoms with van der Waals surface area (Å²) in [6.45, 7) is 2.85. The van der Waals surface area contributed by atoms with Gasteiger partial charge in [0.15, 0.2) is 11.6 Å². The molecule has 5 heteroatoms. The van der Waals surface area contributed by atoms with Crippen LogP contribution in [0, 0.1) is 6.07 Å². The molecule has 161 valence electrons. The van der Waals surface area contributed by atoms with Crippen LogP contribution in [0.5, 0.6) is 0 Å². The summed E-state index contributed by atoms with van der Waals surface area (Å²) in [5.74, 6) is 0.0295. The molecule has 5 rings (SSSR count). The van der Waals surface area contributed by atoms with Crippen molar-refractivity contribution < 1.29 is 34.8 Å². The summed E-state index contributed by atoms with van der Waals surface area (Å²) in [5, 5.41) is 10.4. The van der Waals surface area contributed by atoms with Crippen LogP contribution in [0.25, 0.3) is 33.2 Å². The first-order chi connectivity index (χ1) is 15.0. The Morgan fingerprint density at radius 3 is 2.28 bits per heavy atom. The molecule has 4 aromatic rings. The van der Waals surface area contributed by atoms with Crippen molar-refractivity contribution in [2.24, 2.45) is 0 Å². The van der Waals surface area contributed by atoms with Gasteiger partial charge in [-0.05, 0) is 59.6 Å². The number of fused-ring (bicyclic) bond motifs is 4. The van der Waals surface area contributed by atoms with Gasteiger partial charge in [0.05, 0.1) is 5.76 Å². The molecule has 3 aromatic carbocycles. The molecule has 1 aliphatic rings. The van der Waals surface area contributed by atoms with E-state index in [9.17, 15) is 9.59 Å². The van der Waals surface area contributed by atoms with Gasteiger partial charge in [-0.1, -0.05) is 24.3 Å². The van der Waals surface area contributed by atoms with Crippen LogP contribution in [0.2, 0.25) is 0 Å². The summed E-state index contributed by atoms with van der Waals surface area (Å²) in [6.07, 6.45) is 2.98. The van der Waals surface area contributed by atoms with Gasteiger partial charge >= 0.3 is 0 Å². The van der Waals surface area contributed by atoms with Crippen molar-refractivity contribution in [3.05, 3.63) is 102 Å². The van der Waals surface area contributed by atoms with Gasteiger partial charge in [-0.25, -0.2) is 0 Å². The first-order valence-corrected chi connectivity index (χ1v) is 9.87. The Morgan fingerprint density at radius 2 is 1.66 bits per heavy atom. The van der Waals surface area contributed by atoms with Crippen LogP contribution in [0.4, 0.5) is 0 Å². The maximum atomic E-state index is 12.8. The number of benzene rings is 3. The summed E-state index contributed by atoms with van der Waals surface area (Å²) in [5.41, 5.74) is 5.37. The summed E-state index contributed by atoms with van der Waals surface area (Å²) < 4.78 is 0. The zero-order chi connectivity index (χ0) is 22.0. The zero-order valence-electron chi connectivity index (χ0n) is 17.5. The molecule has 4 nitrogen and oxygen atoms in total. The van der Waals surface area contributed by atoms with Gasteiger partial charge in [0.2, 0.25) is 0 Å². The van der Waals surface area contributed by atoms with E-state index < -0.39 is 0 Å². The monoisotopic (exact) mass is 599 g/mol. The van der Waals surface area contributed by atoms with E-state index in [2.05, 4.69) is 17.1 Å². The number of nitrogens with zero attached hydrogens (tertiary/aromatic N) is 1. The van der Waals surface area contributed by atoms with Gasteiger partial charge in [-0.3, -0.25) is 9.59 Å². The van der Waals surface area contributed by atoms with Gasteiger partial charge < -0.3 is 10.1 Å². The minimum absolute atomic E-state index is 0. The molecule has 0 spiro atoms. The van der Waals surface area contributed by atoms with Crippen molar-refractivity contribution in [2.45, 2.75) is 13.8 Å². The quantitative estimate of drug-likeness (QED) is 0.155. The Morgan fingerprint density at radius 1 is 0.938 bits per heavy atom. The molecule has 0 fully saturated rings. The van der Waals surface area contributed by atoms with Crippen LogP contribution in [0.15, 0.2) is 84.8 Å². The zero-order valence-corrected chi connectivity index (χ0v) is 19.9. The molecule has 1 N–H and O–H groups in total. The average Bonchev–Trinajstić information content (AvgIpc) is 3.04. The Hall–Kier alpha value is -3.40. The van der Waals surface area contributed by atoms with Gasteiger partial charge in [0.25, 0.3) is 0 Å². The number of aliphatic hydroxyl groups is 1. The van der Waals surface area contributed by atoms with Crippen molar-refractivity contribution >= 4 is 22.3 Å². The number of aliphatic hydroxyl groups excluding tert-OH is 1. The molecule has 1 aliphatic carbocycles. The van der Waals surface area contributed by atoms with Crippen LogP contribution < -0.4 is 0 Å². The van der Waals surface area contributed by atoms with E-state index in [1.165, 1.54) is 19.9 Å². The third kappa shape index (κ3) is 4.59. The predicted molar refractivity (Wildman–Crippen MR) is 122 cm³/mol. The number of carbonyl (C=O) groups is 2. The molecule has 0 saturated heterocycles.